The standard InChI is InChI=1S/C8H4ClNO.C8H5NO2/c9-8(11)7-4-2-1-3-6(7)5-10;9-5-6-3-1-2-4-7(6)8(10)11/h1-4H;1-4H,(H,10,11). The maximum atomic E-state index is 10.6. The maximum absolute atomic E-state index is 10.6. The number of halogens is 1. The molecule has 1 N–H and O–H groups in total. The molecule has 22 heavy (non-hydrogen) atoms. The predicted octanol–water partition coefficient (Wildman–Crippen LogP) is 3.19. The Morgan fingerprint density at radius 2 is 1.27 bits per heavy atom. The Bertz CT molecular complexity index is 721. The second-order valence-corrected chi connectivity index (χ2v) is 4.24. The molecule has 0 saturated carbocycles. The molecule has 2 aromatic rings. The topological polar surface area (TPSA) is 102 Å². The SMILES string of the molecule is N#Cc1ccccc1C(=O)Cl.N#Cc1ccccc1C(=O)O. The van der Waals surface area contributed by atoms with Crippen molar-refractivity contribution in [1.82, 2.24) is 0 Å². The summed E-state index contributed by atoms with van der Waals surface area (Å²) in [6.45, 7) is 0. The minimum absolute atomic E-state index is 0.0509. The number of rotatable bonds is 2. The Labute approximate surface area is 131 Å². The minimum atomic E-state index is -1.07. The van der Waals surface area contributed by atoms with Gasteiger partial charge in [0, 0.05) is 0 Å². The third-order valence-corrected chi connectivity index (χ3v) is 2.74. The molecule has 108 valence electrons. The first-order valence-electron chi connectivity index (χ1n) is 5.92. The molecule has 0 aliphatic carbocycles. The lowest BCUT2D eigenvalue weighted by molar-refractivity contribution is 0.0696. The molecule has 0 spiro atoms. The van der Waals surface area contributed by atoms with Gasteiger partial charge in [0.25, 0.3) is 5.24 Å². The lowest BCUT2D eigenvalue weighted by Gasteiger charge is -1.94. The molecule has 5 nitrogen and oxygen atoms in total. The zero-order chi connectivity index (χ0) is 16.5. The van der Waals surface area contributed by atoms with Gasteiger partial charge in [0.1, 0.15) is 6.07 Å². The van der Waals surface area contributed by atoms with Gasteiger partial charge in [-0.1, -0.05) is 24.3 Å². The van der Waals surface area contributed by atoms with E-state index >= 15 is 0 Å². The first kappa shape index (κ1) is 16.9. The third kappa shape index (κ3) is 4.45. The van der Waals surface area contributed by atoms with Gasteiger partial charge in [-0.3, -0.25) is 4.79 Å². The van der Waals surface area contributed by atoms with Crippen LogP contribution in [0.2, 0.25) is 0 Å². The lowest BCUT2D eigenvalue weighted by atomic mass is 10.1. The number of carboxylic acids is 1. The van der Waals surface area contributed by atoms with Crippen LogP contribution in [0.4, 0.5) is 0 Å². The Morgan fingerprint density at radius 3 is 1.59 bits per heavy atom. The van der Waals surface area contributed by atoms with Gasteiger partial charge in [0.15, 0.2) is 0 Å². The van der Waals surface area contributed by atoms with E-state index in [1.807, 2.05) is 6.07 Å². The number of nitrogens with zero attached hydrogens (tertiary/aromatic N) is 2. The molecule has 0 amide bonds. The quantitative estimate of drug-likeness (QED) is 0.858. The first-order valence-corrected chi connectivity index (χ1v) is 6.30. The van der Waals surface area contributed by atoms with Crippen LogP contribution in [0, 0.1) is 22.7 Å². The molecule has 6 heteroatoms. The summed E-state index contributed by atoms with van der Waals surface area (Å²) in [6.07, 6.45) is 0. The van der Waals surface area contributed by atoms with Crippen LogP contribution in [0.5, 0.6) is 0 Å². The van der Waals surface area contributed by atoms with Crippen LogP contribution in [0.3, 0.4) is 0 Å². The predicted molar refractivity (Wildman–Crippen MR) is 79.5 cm³/mol. The fourth-order valence-corrected chi connectivity index (χ4v) is 1.68. The summed E-state index contributed by atoms with van der Waals surface area (Å²) in [4.78, 5) is 21.1. The fraction of sp³-hybridized carbons (Fsp3) is 0. The molecule has 0 atom stereocenters. The summed E-state index contributed by atoms with van der Waals surface area (Å²) in [7, 11) is 0. The van der Waals surface area contributed by atoms with E-state index in [1.165, 1.54) is 18.2 Å². The van der Waals surface area contributed by atoms with Gasteiger partial charge in [-0.15, -0.1) is 0 Å². The van der Waals surface area contributed by atoms with Gasteiger partial charge < -0.3 is 5.11 Å². The molecule has 0 fully saturated rings. The van der Waals surface area contributed by atoms with Crippen molar-refractivity contribution in [2.24, 2.45) is 0 Å². The van der Waals surface area contributed by atoms with E-state index in [9.17, 15) is 9.59 Å². The van der Waals surface area contributed by atoms with Gasteiger partial charge >= 0.3 is 5.97 Å². The summed E-state index contributed by atoms with van der Waals surface area (Å²) < 4.78 is 0. The van der Waals surface area contributed by atoms with Crippen molar-refractivity contribution in [2.45, 2.75) is 0 Å². The number of aromatic carboxylic acids is 1. The third-order valence-electron chi connectivity index (χ3n) is 2.54. The van der Waals surface area contributed by atoms with E-state index < -0.39 is 11.2 Å². The van der Waals surface area contributed by atoms with Crippen molar-refractivity contribution >= 4 is 22.8 Å². The number of benzene rings is 2. The van der Waals surface area contributed by atoms with E-state index in [2.05, 4.69) is 0 Å². The fourth-order valence-electron chi connectivity index (χ4n) is 1.52. The minimum Gasteiger partial charge on any atom is -0.478 e. The molecule has 0 aliphatic rings. The average Bonchev–Trinajstić information content (AvgIpc) is 2.55. The number of hydrogen-bond acceptors (Lipinski definition) is 4. The Morgan fingerprint density at radius 1 is 0.864 bits per heavy atom. The second kappa shape index (κ2) is 8.21. The van der Waals surface area contributed by atoms with Crippen LogP contribution in [-0.2, 0) is 0 Å². The maximum Gasteiger partial charge on any atom is 0.337 e. The zero-order valence-corrected chi connectivity index (χ0v) is 11.9. The zero-order valence-electron chi connectivity index (χ0n) is 11.2. The van der Waals surface area contributed by atoms with Crippen LogP contribution < -0.4 is 0 Å². The summed E-state index contributed by atoms with van der Waals surface area (Å²) in [5.74, 6) is -1.07. The van der Waals surface area contributed by atoms with Crippen molar-refractivity contribution in [3.63, 3.8) is 0 Å². The van der Waals surface area contributed by atoms with Crippen LogP contribution in [0.25, 0.3) is 0 Å². The number of carbonyl (C=O) groups excluding carboxylic acids is 1. The van der Waals surface area contributed by atoms with Gasteiger partial charge in [0.05, 0.1) is 28.3 Å². The molecule has 0 saturated heterocycles. The number of hydrogen-bond donors (Lipinski definition) is 1. The monoisotopic (exact) mass is 312 g/mol. The van der Waals surface area contributed by atoms with Crippen molar-refractivity contribution in [3.8, 4) is 12.1 Å². The largest absolute Gasteiger partial charge is 0.478 e. The molecule has 2 aromatic carbocycles. The van der Waals surface area contributed by atoms with Crippen LogP contribution in [0.1, 0.15) is 31.8 Å². The van der Waals surface area contributed by atoms with Crippen molar-refractivity contribution in [2.75, 3.05) is 0 Å². The highest BCUT2D eigenvalue weighted by Crippen LogP contribution is 2.09. The van der Waals surface area contributed by atoms with Gasteiger partial charge in [0.2, 0.25) is 0 Å². The highest BCUT2D eigenvalue weighted by molar-refractivity contribution is 6.68. The van der Waals surface area contributed by atoms with Gasteiger partial charge in [-0.05, 0) is 35.9 Å². The second-order valence-electron chi connectivity index (χ2n) is 3.89. The molecule has 0 radical (unpaired) electrons. The molecular weight excluding hydrogens is 304 g/mol. The van der Waals surface area contributed by atoms with Crippen LogP contribution in [-0.4, -0.2) is 16.3 Å². The van der Waals surface area contributed by atoms with Crippen LogP contribution >= 0.6 is 11.6 Å². The van der Waals surface area contributed by atoms with E-state index in [0.29, 0.717) is 5.56 Å². The normalized spacial score (nSPS) is 8.68. The molecule has 0 heterocycles. The summed E-state index contributed by atoms with van der Waals surface area (Å²) in [6, 6.07) is 16.2. The van der Waals surface area contributed by atoms with Gasteiger partial charge in [-0.2, -0.15) is 10.5 Å². The molecule has 2 rings (SSSR count). The Balaban J connectivity index is 0.000000220. The summed E-state index contributed by atoms with van der Waals surface area (Å²) >= 11 is 5.20. The smallest absolute Gasteiger partial charge is 0.337 e. The Kier molecular flexibility index (Phi) is 6.31. The summed E-state index contributed by atoms with van der Waals surface area (Å²) in [5, 5.41) is 24.9. The number of carbonyl (C=O) groups is 2. The van der Waals surface area contributed by atoms with E-state index in [0.717, 1.165) is 0 Å². The average molecular weight is 313 g/mol. The first-order chi connectivity index (χ1) is 10.5. The lowest BCUT2D eigenvalue weighted by Crippen LogP contribution is -1.98. The van der Waals surface area contributed by atoms with E-state index in [1.54, 1.807) is 36.4 Å². The highest BCUT2D eigenvalue weighted by atomic mass is 35.5. The molecule has 0 aromatic heterocycles. The van der Waals surface area contributed by atoms with Gasteiger partial charge in [-0.25, -0.2) is 4.79 Å². The molecule has 0 aliphatic heterocycles. The van der Waals surface area contributed by atoms with E-state index in [-0.39, 0.29) is 16.7 Å². The molecular formula is C16H9ClN2O3. The van der Waals surface area contributed by atoms with Crippen molar-refractivity contribution < 1.29 is 14.7 Å². The summed E-state index contributed by atoms with van der Waals surface area (Å²) in [5.41, 5.74) is 0.819. The molecule has 0 unspecified atom stereocenters. The van der Waals surface area contributed by atoms with Crippen molar-refractivity contribution in [1.29, 1.82) is 10.5 Å². The Hall–Kier alpha value is -3.15. The number of nitriles is 2. The highest BCUT2D eigenvalue weighted by Gasteiger charge is 2.07. The van der Waals surface area contributed by atoms with Crippen molar-refractivity contribution in [3.05, 3.63) is 70.8 Å². The van der Waals surface area contributed by atoms with Crippen LogP contribution in [0.15, 0.2) is 48.5 Å². The molecule has 0 bridgehead atoms. The van der Waals surface area contributed by atoms with E-state index in [4.69, 9.17) is 27.2 Å². The number of carboxylic acid groups (broad SMARTS) is 1.